The second-order valence-electron chi connectivity index (χ2n) is 5.90. The zero-order chi connectivity index (χ0) is 14.1. The molecule has 0 saturated heterocycles. The van der Waals surface area contributed by atoms with Crippen LogP contribution in [0, 0.1) is 0 Å². The number of hydrogen-bond donors (Lipinski definition) is 0. The molecule has 0 fully saturated rings. The Hall–Kier alpha value is 0.704. The Balaban J connectivity index is 3.99. The van der Waals surface area contributed by atoms with Crippen LogP contribution in [-0.2, 0) is 8.85 Å². The highest BCUT2D eigenvalue weighted by molar-refractivity contribution is 8.28. The van der Waals surface area contributed by atoms with Crippen molar-refractivity contribution in [3.8, 4) is 0 Å². The van der Waals surface area contributed by atoms with Gasteiger partial charge in [0.15, 0.2) is 0 Å². The van der Waals surface area contributed by atoms with Crippen LogP contribution in [0.15, 0.2) is 0 Å². The van der Waals surface area contributed by atoms with Crippen molar-refractivity contribution in [2.24, 2.45) is 0 Å². The molecule has 0 amide bonds. The maximum atomic E-state index is 6.03. The lowest BCUT2D eigenvalue weighted by atomic mass is 10.5. The Bertz CT molecular complexity index is 200. The Labute approximate surface area is 120 Å². The Morgan fingerprint density at radius 3 is 1.78 bits per heavy atom. The van der Waals surface area contributed by atoms with Gasteiger partial charge in [-0.05, 0) is 37.6 Å². The highest BCUT2D eigenvalue weighted by Crippen LogP contribution is 2.24. The summed E-state index contributed by atoms with van der Waals surface area (Å²) in [5, 5.41) is 0. The third-order valence-electron chi connectivity index (χ3n) is 2.53. The second kappa shape index (κ2) is 9.58. The molecule has 0 heterocycles. The van der Waals surface area contributed by atoms with Crippen molar-refractivity contribution in [3.05, 3.63) is 0 Å². The van der Waals surface area contributed by atoms with Gasteiger partial charge in [0.05, 0.1) is 0 Å². The van der Waals surface area contributed by atoms with Gasteiger partial charge in [-0.3, -0.25) is 0 Å². The van der Waals surface area contributed by atoms with Crippen LogP contribution in [0.25, 0.3) is 0 Å². The fourth-order valence-electron chi connectivity index (χ4n) is 1.59. The van der Waals surface area contributed by atoms with Gasteiger partial charge in [-0.1, -0.05) is 33.5 Å². The molecule has 0 aromatic heterocycles. The summed E-state index contributed by atoms with van der Waals surface area (Å²) in [6, 6.07) is 1.14. The highest BCUT2D eigenvalue weighted by atomic mass is 32.4. The predicted octanol–water partition coefficient (Wildman–Crippen LogP) is 4.87. The van der Waals surface area contributed by atoms with Crippen molar-refractivity contribution < 1.29 is 8.85 Å². The molecule has 0 radical (unpaired) electrons. The van der Waals surface area contributed by atoms with Gasteiger partial charge in [-0.15, -0.1) is 0 Å². The Morgan fingerprint density at radius 1 is 0.889 bits per heavy atom. The molecule has 110 valence electrons. The van der Waals surface area contributed by atoms with E-state index in [1.54, 1.807) is 0 Å². The maximum Gasteiger partial charge on any atom is 0.334 e. The van der Waals surface area contributed by atoms with E-state index in [0.717, 1.165) is 32.1 Å². The molecule has 0 N–H and O–H groups in total. The molecule has 0 aromatic rings. The van der Waals surface area contributed by atoms with Crippen molar-refractivity contribution in [2.75, 3.05) is 19.0 Å². The first-order valence-corrected chi connectivity index (χ1v) is 15.0. The monoisotopic (exact) mass is 308 g/mol. The molecular weight excluding hydrogens is 276 g/mol. The van der Waals surface area contributed by atoms with Crippen LogP contribution in [0.5, 0.6) is 0 Å². The van der Waals surface area contributed by atoms with Crippen LogP contribution in [0.1, 0.15) is 33.1 Å². The van der Waals surface area contributed by atoms with E-state index in [2.05, 4.69) is 51.2 Å². The molecule has 0 spiro atoms. The Kier molecular flexibility index (Phi) is 9.96. The van der Waals surface area contributed by atoms with E-state index in [9.17, 15) is 0 Å². The van der Waals surface area contributed by atoms with Gasteiger partial charge in [-0.2, -0.15) is 11.2 Å². The summed E-state index contributed by atoms with van der Waals surface area (Å²) < 4.78 is 12.1. The molecule has 0 unspecified atom stereocenters. The van der Waals surface area contributed by atoms with Crippen LogP contribution in [0.2, 0.25) is 32.2 Å². The lowest BCUT2D eigenvalue weighted by Gasteiger charge is -2.27. The van der Waals surface area contributed by atoms with E-state index in [1.165, 1.54) is 12.2 Å². The summed E-state index contributed by atoms with van der Waals surface area (Å²) in [4.78, 5) is 0. The maximum absolute atomic E-state index is 6.03. The largest absolute Gasteiger partial charge is 0.394 e. The van der Waals surface area contributed by atoms with E-state index < -0.39 is 15.8 Å². The van der Waals surface area contributed by atoms with Crippen LogP contribution in [-0.4, -0.2) is 34.8 Å². The van der Waals surface area contributed by atoms with Gasteiger partial charge in [0.1, 0.15) is 7.22 Å². The predicted molar refractivity (Wildman–Crippen MR) is 89.3 cm³/mol. The summed E-state index contributed by atoms with van der Waals surface area (Å²) in [5.41, 5.74) is 0. The molecule has 0 aliphatic carbocycles. The molecule has 0 aliphatic rings. The zero-order valence-electron chi connectivity index (χ0n) is 13.2. The summed E-state index contributed by atoms with van der Waals surface area (Å²) in [7, 11) is -2.84. The Morgan fingerprint density at radius 2 is 1.39 bits per heavy atom. The molecule has 5 heteroatoms. The van der Waals surface area contributed by atoms with Gasteiger partial charge in [0, 0.05) is 13.2 Å². The second-order valence-corrected chi connectivity index (χ2v) is 18.7. The van der Waals surface area contributed by atoms with E-state index >= 15 is 0 Å². The van der Waals surface area contributed by atoms with E-state index in [-0.39, 0.29) is 0 Å². The standard InChI is InChI=1S/C13H32O2SSi2/c1-7-10-14-18(6,15-11-8-2)13-9-12-16-17(3,4)5/h7-13H2,1-6H3. The average molecular weight is 309 g/mol. The minimum atomic E-state index is -1.89. The number of rotatable bonds is 11. The van der Waals surface area contributed by atoms with Crippen molar-refractivity contribution in [1.29, 1.82) is 0 Å². The fourth-order valence-corrected chi connectivity index (χ4v) is 7.48. The summed E-state index contributed by atoms with van der Waals surface area (Å²) in [6.45, 7) is 15.5. The van der Waals surface area contributed by atoms with Crippen LogP contribution >= 0.6 is 11.2 Å². The van der Waals surface area contributed by atoms with Gasteiger partial charge in [-0.25, -0.2) is 0 Å². The van der Waals surface area contributed by atoms with Gasteiger partial charge < -0.3 is 8.85 Å². The lowest BCUT2D eigenvalue weighted by Crippen LogP contribution is -2.39. The van der Waals surface area contributed by atoms with Crippen LogP contribution < -0.4 is 0 Å². The first-order valence-electron chi connectivity index (χ1n) is 7.25. The zero-order valence-corrected chi connectivity index (χ0v) is 16.0. The van der Waals surface area contributed by atoms with E-state index in [4.69, 9.17) is 8.85 Å². The van der Waals surface area contributed by atoms with Crippen molar-refractivity contribution >= 4 is 27.0 Å². The smallest absolute Gasteiger partial charge is 0.334 e. The normalized spacial score (nSPS) is 13.0. The molecule has 2 nitrogen and oxygen atoms in total. The molecule has 0 atom stereocenters. The number of hydrogen-bond acceptors (Lipinski definition) is 3. The third-order valence-corrected chi connectivity index (χ3v) is 9.99. The molecule has 18 heavy (non-hydrogen) atoms. The summed E-state index contributed by atoms with van der Waals surface area (Å²) >= 11 is 2.17. The fraction of sp³-hybridized carbons (Fsp3) is 1.00. The quantitative estimate of drug-likeness (QED) is 0.401. The summed E-state index contributed by atoms with van der Waals surface area (Å²) in [5.74, 6) is 1.27. The van der Waals surface area contributed by atoms with Gasteiger partial charge in [0.2, 0.25) is 0 Å². The third kappa shape index (κ3) is 10.6. The van der Waals surface area contributed by atoms with Gasteiger partial charge in [0.25, 0.3) is 0 Å². The van der Waals surface area contributed by atoms with Crippen LogP contribution in [0.3, 0.4) is 0 Å². The molecule has 0 saturated carbocycles. The molecular formula is C13H32O2SSi2. The van der Waals surface area contributed by atoms with Crippen LogP contribution in [0.4, 0.5) is 0 Å². The summed E-state index contributed by atoms with van der Waals surface area (Å²) in [6.07, 6.45) is 3.41. The van der Waals surface area contributed by atoms with Crippen molar-refractivity contribution in [2.45, 2.75) is 65.3 Å². The minimum Gasteiger partial charge on any atom is -0.394 e. The average Bonchev–Trinajstić information content (AvgIpc) is 2.29. The molecule has 0 aliphatic heterocycles. The first kappa shape index (κ1) is 18.7. The van der Waals surface area contributed by atoms with Gasteiger partial charge >= 0.3 is 8.56 Å². The molecule has 0 rings (SSSR count). The molecule has 0 bridgehead atoms. The van der Waals surface area contributed by atoms with E-state index in [1.807, 2.05) is 0 Å². The van der Waals surface area contributed by atoms with E-state index in [0.29, 0.717) is 0 Å². The lowest BCUT2D eigenvalue weighted by molar-refractivity contribution is 0.173. The SMILES string of the molecule is CCCO[Si](C)(CCCS[Si](C)(C)C)OCCC. The first-order chi connectivity index (χ1) is 8.33. The highest BCUT2D eigenvalue weighted by Gasteiger charge is 2.30. The minimum absolute atomic E-state index is 0.855. The topological polar surface area (TPSA) is 18.5 Å². The molecule has 0 aromatic carbocycles. The van der Waals surface area contributed by atoms with Crippen molar-refractivity contribution in [1.82, 2.24) is 0 Å². The van der Waals surface area contributed by atoms with Crippen molar-refractivity contribution in [3.63, 3.8) is 0 Å².